The second-order valence-electron chi connectivity index (χ2n) is 3.69. The summed E-state index contributed by atoms with van der Waals surface area (Å²) in [4.78, 5) is 11.8. The summed E-state index contributed by atoms with van der Waals surface area (Å²) in [6.45, 7) is 1.97. The third-order valence-electron chi connectivity index (χ3n) is 2.31. The number of nitrogens with one attached hydrogen (secondary N) is 1. The van der Waals surface area contributed by atoms with E-state index < -0.39 is 0 Å². The van der Waals surface area contributed by atoms with E-state index in [9.17, 15) is 4.79 Å². The van der Waals surface area contributed by atoms with E-state index in [0.717, 1.165) is 19.9 Å². The van der Waals surface area contributed by atoms with Gasteiger partial charge < -0.3 is 5.32 Å². The van der Waals surface area contributed by atoms with Gasteiger partial charge in [-0.3, -0.25) is 4.79 Å². The Morgan fingerprint density at radius 1 is 1.32 bits per heavy atom. The summed E-state index contributed by atoms with van der Waals surface area (Å²) < 4.78 is 1.74. The number of anilines is 1. The van der Waals surface area contributed by atoms with Crippen LogP contribution in [0.4, 0.5) is 5.69 Å². The van der Waals surface area contributed by atoms with Crippen LogP contribution in [0.1, 0.15) is 5.56 Å². The number of carbonyl (C=O) groups excluding carboxylic acids is 1. The fourth-order valence-electron chi connectivity index (χ4n) is 1.36. The van der Waals surface area contributed by atoms with Gasteiger partial charge in [0.05, 0.1) is 5.75 Å². The van der Waals surface area contributed by atoms with Crippen molar-refractivity contribution in [2.24, 2.45) is 0 Å². The summed E-state index contributed by atoms with van der Waals surface area (Å²) in [7, 11) is 0. The Bertz CT molecular complexity index is 571. The van der Waals surface area contributed by atoms with E-state index >= 15 is 0 Å². The zero-order valence-electron chi connectivity index (χ0n) is 10.5. The predicted octanol–water partition coefficient (Wildman–Crippen LogP) is 3.30. The van der Waals surface area contributed by atoms with Crippen LogP contribution in [0.25, 0.3) is 0 Å². The first-order valence-corrected chi connectivity index (χ1v) is 8.57. The molecule has 7 heteroatoms. The minimum atomic E-state index is -0.0276. The molecule has 19 heavy (non-hydrogen) atoms. The van der Waals surface area contributed by atoms with Gasteiger partial charge in [-0.05, 0) is 24.8 Å². The SMILES string of the molecule is CSc1nnc(SCC(=O)Nc2ccccc2C)s1. The molecule has 0 aliphatic heterocycles. The molecule has 0 atom stereocenters. The molecule has 2 aromatic rings. The van der Waals surface area contributed by atoms with Crippen molar-refractivity contribution in [2.75, 3.05) is 17.3 Å². The lowest BCUT2D eigenvalue weighted by atomic mass is 10.2. The molecule has 0 fully saturated rings. The Hall–Kier alpha value is -1.05. The Labute approximate surface area is 124 Å². The molecular formula is C12H13N3OS3. The first-order valence-electron chi connectivity index (χ1n) is 5.55. The Kier molecular flexibility index (Phi) is 5.24. The maximum absolute atomic E-state index is 11.8. The molecular weight excluding hydrogens is 298 g/mol. The Balaban J connectivity index is 1.86. The standard InChI is InChI=1S/C12H13N3OS3/c1-8-5-3-4-6-9(8)13-10(16)7-18-12-15-14-11(17-2)19-12/h3-6H,7H2,1-2H3,(H,13,16). The number of rotatable bonds is 5. The summed E-state index contributed by atoms with van der Waals surface area (Å²) in [5.41, 5.74) is 1.91. The van der Waals surface area contributed by atoms with Crippen molar-refractivity contribution in [3.63, 3.8) is 0 Å². The van der Waals surface area contributed by atoms with E-state index in [1.54, 1.807) is 11.8 Å². The van der Waals surface area contributed by atoms with Crippen LogP contribution in [-0.4, -0.2) is 28.1 Å². The molecule has 1 amide bonds. The second-order valence-corrected chi connectivity index (χ2v) is 6.94. The van der Waals surface area contributed by atoms with Crippen LogP contribution in [0.5, 0.6) is 0 Å². The van der Waals surface area contributed by atoms with E-state index in [1.807, 2.05) is 37.4 Å². The number of thioether (sulfide) groups is 2. The maximum atomic E-state index is 11.8. The first-order chi connectivity index (χ1) is 9.19. The van der Waals surface area contributed by atoms with E-state index in [1.165, 1.54) is 23.1 Å². The van der Waals surface area contributed by atoms with Crippen LogP contribution in [0.15, 0.2) is 32.9 Å². The van der Waals surface area contributed by atoms with Gasteiger partial charge in [-0.1, -0.05) is 53.1 Å². The van der Waals surface area contributed by atoms with Gasteiger partial charge in [-0.25, -0.2) is 0 Å². The lowest BCUT2D eigenvalue weighted by Gasteiger charge is -2.06. The summed E-state index contributed by atoms with van der Waals surface area (Å²) in [6.07, 6.45) is 1.96. The second kappa shape index (κ2) is 6.93. The number of carbonyl (C=O) groups is 1. The van der Waals surface area contributed by atoms with Crippen molar-refractivity contribution < 1.29 is 4.79 Å². The van der Waals surface area contributed by atoms with Gasteiger partial charge in [0.15, 0.2) is 8.68 Å². The average molecular weight is 311 g/mol. The number of amides is 1. The van der Waals surface area contributed by atoms with Crippen molar-refractivity contribution >= 4 is 46.5 Å². The normalized spacial score (nSPS) is 10.4. The average Bonchev–Trinajstić information content (AvgIpc) is 2.87. The Morgan fingerprint density at radius 3 is 2.74 bits per heavy atom. The van der Waals surface area contributed by atoms with Crippen molar-refractivity contribution in [1.82, 2.24) is 10.2 Å². The summed E-state index contributed by atoms with van der Waals surface area (Å²) >= 11 is 4.48. The number of benzene rings is 1. The van der Waals surface area contributed by atoms with Gasteiger partial charge in [0.2, 0.25) is 5.91 Å². The van der Waals surface area contributed by atoms with Crippen molar-refractivity contribution in [2.45, 2.75) is 15.6 Å². The summed E-state index contributed by atoms with van der Waals surface area (Å²) in [5.74, 6) is 0.317. The number of para-hydroxylation sites is 1. The molecule has 0 saturated carbocycles. The fourth-order valence-corrected chi connectivity index (χ4v) is 3.60. The smallest absolute Gasteiger partial charge is 0.234 e. The molecule has 0 saturated heterocycles. The van der Waals surface area contributed by atoms with Gasteiger partial charge in [-0.15, -0.1) is 10.2 Å². The minimum absolute atomic E-state index is 0.0276. The third kappa shape index (κ3) is 4.22. The molecule has 0 bridgehead atoms. The lowest BCUT2D eigenvalue weighted by Crippen LogP contribution is -2.14. The van der Waals surface area contributed by atoms with Crippen LogP contribution < -0.4 is 5.32 Å². The van der Waals surface area contributed by atoms with Gasteiger partial charge in [0, 0.05) is 5.69 Å². The van der Waals surface area contributed by atoms with Gasteiger partial charge in [0.1, 0.15) is 0 Å². The van der Waals surface area contributed by atoms with E-state index in [0.29, 0.717) is 5.75 Å². The number of hydrogen-bond acceptors (Lipinski definition) is 6. The number of aryl methyl sites for hydroxylation is 1. The minimum Gasteiger partial charge on any atom is -0.325 e. The highest BCUT2D eigenvalue weighted by molar-refractivity contribution is 8.03. The first kappa shape index (κ1) is 14.4. The number of hydrogen-bond donors (Lipinski definition) is 1. The molecule has 4 nitrogen and oxygen atoms in total. The molecule has 0 unspecified atom stereocenters. The molecule has 0 aliphatic rings. The molecule has 1 aromatic carbocycles. The molecule has 0 aliphatic carbocycles. The highest BCUT2D eigenvalue weighted by atomic mass is 32.2. The molecule has 1 heterocycles. The predicted molar refractivity (Wildman–Crippen MR) is 82.2 cm³/mol. The number of nitrogens with zero attached hydrogens (tertiary/aromatic N) is 2. The molecule has 2 rings (SSSR count). The monoisotopic (exact) mass is 311 g/mol. The maximum Gasteiger partial charge on any atom is 0.234 e. The van der Waals surface area contributed by atoms with Gasteiger partial charge in [-0.2, -0.15) is 0 Å². The molecule has 100 valence electrons. The highest BCUT2D eigenvalue weighted by Crippen LogP contribution is 2.27. The van der Waals surface area contributed by atoms with Crippen LogP contribution in [-0.2, 0) is 4.79 Å². The van der Waals surface area contributed by atoms with Crippen LogP contribution in [0.3, 0.4) is 0 Å². The summed E-state index contributed by atoms with van der Waals surface area (Å²) in [6, 6.07) is 7.73. The lowest BCUT2D eigenvalue weighted by molar-refractivity contribution is -0.113. The van der Waals surface area contributed by atoms with E-state index in [-0.39, 0.29) is 5.91 Å². The number of aromatic nitrogens is 2. The van der Waals surface area contributed by atoms with E-state index in [4.69, 9.17) is 0 Å². The van der Waals surface area contributed by atoms with Gasteiger partial charge >= 0.3 is 0 Å². The summed E-state index contributed by atoms with van der Waals surface area (Å²) in [5, 5.41) is 10.9. The topological polar surface area (TPSA) is 54.9 Å². The largest absolute Gasteiger partial charge is 0.325 e. The zero-order chi connectivity index (χ0) is 13.7. The molecule has 1 aromatic heterocycles. The van der Waals surface area contributed by atoms with Crippen molar-refractivity contribution in [1.29, 1.82) is 0 Å². The highest BCUT2D eigenvalue weighted by Gasteiger charge is 2.08. The van der Waals surface area contributed by atoms with Crippen molar-refractivity contribution in [3.8, 4) is 0 Å². The molecule has 0 radical (unpaired) electrons. The third-order valence-corrected chi connectivity index (χ3v) is 5.34. The Morgan fingerprint density at radius 2 is 2.05 bits per heavy atom. The molecule has 1 N–H and O–H groups in total. The van der Waals surface area contributed by atoms with E-state index in [2.05, 4.69) is 15.5 Å². The van der Waals surface area contributed by atoms with Crippen molar-refractivity contribution in [3.05, 3.63) is 29.8 Å². The van der Waals surface area contributed by atoms with Crippen LogP contribution in [0, 0.1) is 6.92 Å². The van der Waals surface area contributed by atoms with Gasteiger partial charge in [0.25, 0.3) is 0 Å². The van der Waals surface area contributed by atoms with Crippen LogP contribution >= 0.6 is 34.9 Å². The molecule has 0 spiro atoms. The quantitative estimate of drug-likeness (QED) is 0.859. The fraction of sp³-hybridized carbons (Fsp3) is 0.250. The van der Waals surface area contributed by atoms with Crippen LogP contribution in [0.2, 0.25) is 0 Å². The zero-order valence-corrected chi connectivity index (χ0v) is 13.0.